The Labute approximate surface area is 158 Å². The average molecular weight is 397 g/mol. The van der Waals surface area contributed by atoms with Crippen LogP contribution in [0.2, 0.25) is 5.02 Å². The summed E-state index contributed by atoms with van der Waals surface area (Å²) < 4.78 is 29.9. The Morgan fingerprint density at radius 2 is 1.85 bits per heavy atom. The SMILES string of the molecule is CC(C)(C)c1cc(N2CC[C@@](C)(S(=O)(=O)c3ccc(Cl)cc3)C2=O)on1. The molecule has 3 rings (SSSR count). The molecule has 2 heterocycles. The molecular formula is C18H21ClN2O4S. The van der Waals surface area contributed by atoms with Gasteiger partial charge in [0, 0.05) is 23.0 Å². The zero-order valence-electron chi connectivity index (χ0n) is 15.1. The number of hydrogen-bond acceptors (Lipinski definition) is 5. The number of sulfone groups is 1. The maximum atomic E-state index is 13.1. The van der Waals surface area contributed by atoms with Crippen molar-refractivity contribution in [3.05, 3.63) is 41.0 Å². The molecule has 8 heteroatoms. The van der Waals surface area contributed by atoms with Gasteiger partial charge in [-0.2, -0.15) is 0 Å². The molecule has 1 aliphatic heterocycles. The van der Waals surface area contributed by atoms with E-state index in [4.69, 9.17) is 16.1 Å². The first-order valence-electron chi connectivity index (χ1n) is 8.26. The van der Waals surface area contributed by atoms with Crippen molar-refractivity contribution in [3.8, 4) is 0 Å². The number of hydrogen-bond donors (Lipinski definition) is 0. The van der Waals surface area contributed by atoms with E-state index >= 15 is 0 Å². The third-order valence-electron chi connectivity index (χ3n) is 4.76. The van der Waals surface area contributed by atoms with E-state index in [0.717, 1.165) is 0 Å². The Kier molecular flexibility index (Phi) is 4.43. The zero-order chi connectivity index (χ0) is 19.3. The number of amides is 1. The summed E-state index contributed by atoms with van der Waals surface area (Å²) >= 11 is 5.84. The molecule has 140 valence electrons. The summed E-state index contributed by atoms with van der Waals surface area (Å²) in [5.74, 6) is -0.237. The summed E-state index contributed by atoms with van der Waals surface area (Å²) in [7, 11) is -3.88. The maximum absolute atomic E-state index is 13.1. The van der Waals surface area contributed by atoms with Crippen LogP contribution in [-0.2, 0) is 20.0 Å². The monoisotopic (exact) mass is 396 g/mol. The molecule has 1 aliphatic rings. The Balaban J connectivity index is 1.94. The lowest BCUT2D eigenvalue weighted by Gasteiger charge is -2.22. The van der Waals surface area contributed by atoms with Gasteiger partial charge in [-0.3, -0.25) is 9.69 Å². The number of benzene rings is 1. The molecule has 0 saturated carbocycles. The van der Waals surface area contributed by atoms with Gasteiger partial charge in [-0.15, -0.1) is 0 Å². The summed E-state index contributed by atoms with van der Waals surface area (Å²) in [6.07, 6.45) is 0.169. The van der Waals surface area contributed by atoms with Crippen molar-refractivity contribution < 1.29 is 17.7 Å². The largest absolute Gasteiger partial charge is 0.338 e. The molecule has 1 fully saturated rings. The third kappa shape index (κ3) is 2.93. The molecule has 1 atom stereocenters. The summed E-state index contributed by atoms with van der Waals surface area (Å²) in [5, 5.41) is 4.45. The highest BCUT2D eigenvalue weighted by Gasteiger charge is 2.54. The van der Waals surface area contributed by atoms with E-state index in [1.165, 1.54) is 36.1 Å². The summed E-state index contributed by atoms with van der Waals surface area (Å²) in [5.41, 5.74) is 0.470. The molecule has 0 N–H and O–H groups in total. The molecule has 0 bridgehead atoms. The van der Waals surface area contributed by atoms with Crippen LogP contribution in [0.4, 0.5) is 5.88 Å². The number of carbonyl (C=O) groups excluding carboxylic acids is 1. The smallest absolute Gasteiger partial charge is 0.251 e. The highest BCUT2D eigenvalue weighted by atomic mass is 35.5. The van der Waals surface area contributed by atoms with E-state index in [2.05, 4.69) is 5.16 Å². The fraction of sp³-hybridized carbons (Fsp3) is 0.444. The summed E-state index contributed by atoms with van der Waals surface area (Å²) in [6.45, 7) is 7.65. The Bertz CT molecular complexity index is 944. The van der Waals surface area contributed by atoms with Gasteiger partial charge in [0.25, 0.3) is 5.91 Å². The lowest BCUT2D eigenvalue weighted by molar-refractivity contribution is -0.119. The fourth-order valence-electron chi connectivity index (χ4n) is 2.90. The number of rotatable bonds is 3. The van der Waals surface area contributed by atoms with Crippen LogP contribution in [0.3, 0.4) is 0 Å². The summed E-state index contributed by atoms with van der Waals surface area (Å²) in [6, 6.07) is 7.54. The van der Waals surface area contributed by atoms with Crippen molar-refractivity contribution in [2.45, 2.75) is 49.2 Å². The van der Waals surface area contributed by atoms with Gasteiger partial charge in [0.15, 0.2) is 14.6 Å². The van der Waals surface area contributed by atoms with Gasteiger partial charge >= 0.3 is 0 Å². The lowest BCUT2D eigenvalue weighted by atomic mass is 9.92. The minimum Gasteiger partial charge on any atom is -0.338 e. The van der Waals surface area contributed by atoms with Crippen molar-refractivity contribution in [1.29, 1.82) is 0 Å². The van der Waals surface area contributed by atoms with Gasteiger partial charge in [0.2, 0.25) is 5.88 Å². The van der Waals surface area contributed by atoms with Crippen molar-refractivity contribution in [2.75, 3.05) is 11.4 Å². The molecule has 0 unspecified atom stereocenters. The van der Waals surface area contributed by atoms with Gasteiger partial charge in [-0.25, -0.2) is 8.42 Å². The normalized spacial score (nSPS) is 21.4. The van der Waals surface area contributed by atoms with Gasteiger partial charge in [0.05, 0.1) is 10.6 Å². The standard InChI is InChI=1S/C18H21ClN2O4S/c1-17(2,3)14-11-15(25-20-14)21-10-9-18(4,16(21)22)26(23,24)13-7-5-12(19)6-8-13/h5-8,11H,9-10H2,1-4H3/t18-/m1/s1. The highest BCUT2D eigenvalue weighted by Crippen LogP contribution is 2.38. The molecule has 26 heavy (non-hydrogen) atoms. The predicted molar refractivity (Wildman–Crippen MR) is 99.2 cm³/mol. The van der Waals surface area contributed by atoms with Crippen LogP contribution in [0, 0.1) is 0 Å². The van der Waals surface area contributed by atoms with Crippen LogP contribution in [0.5, 0.6) is 0 Å². The second-order valence-electron chi connectivity index (χ2n) is 7.70. The molecule has 0 radical (unpaired) electrons. The first kappa shape index (κ1) is 18.9. The molecule has 2 aromatic rings. The Hall–Kier alpha value is -1.86. The van der Waals surface area contributed by atoms with E-state index in [1.54, 1.807) is 6.07 Å². The topological polar surface area (TPSA) is 80.5 Å². The maximum Gasteiger partial charge on any atom is 0.251 e. The number of carbonyl (C=O) groups is 1. The van der Waals surface area contributed by atoms with Crippen molar-refractivity contribution in [2.24, 2.45) is 0 Å². The van der Waals surface area contributed by atoms with E-state index in [-0.39, 0.29) is 29.2 Å². The zero-order valence-corrected chi connectivity index (χ0v) is 16.7. The van der Waals surface area contributed by atoms with Gasteiger partial charge < -0.3 is 4.52 Å². The number of nitrogens with zero attached hydrogens (tertiary/aromatic N) is 2. The summed E-state index contributed by atoms with van der Waals surface area (Å²) in [4.78, 5) is 14.4. The minimum absolute atomic E-state index is 0.0764. The van der Waals surface area contributed by atoms with E-state index in [1.807, 2.05) is 20.8 Å². The van der Waals surface area contributed by atoms with Crippen LogP contribution in [0.1, 0.15) is 39.8 Å². The first-order valence-corrected chi connectivity index (χ1v) is 10.1. The fourth-order valence-corrected chi connectivity index (χ4v) is 4.74. The molecule has 0 spiro atoms. The second-order valence-corrected chi connectivity index (χ2v) is 10.5. The number of anilines is 1. The van der Waals surface area contributed by atoms with E-state index < -0.39 is 20.5 Å². The van der Waals surface area contributed by atoms with Gasteiger partial charge in [0.1, 0.15) is 0 Å². The number of halogens is 1. The highest BCUT2D eigenvalue weighted by molar-refractivity contribution is 7.93. The number of aromatic nitrogens is 1. The predicted octanol–water partition coefficient (Wildman–Crippen LogP) is 3.59. The molecular weight excluding hydrogens is 376 g/mol. The van der Waals surface area contributed by atoms with Crippen LogP contribution >= 0.6 is 11.6 Å². The Morgan fingerprint density at radius 3 is 2.38 bits per heavy atom. The van der Waals surface area contributed by atoms with E-state index in [9.17, 15) is 13.2 Å². The van der Waals surface area contributed by atoms with Crippen LogP contribution in [0.15, 0.2) is 39.8 Å². The van der Waals surface area contributed by atoms with Crippen LogP contribution in [0.25, 0.3) is 0 Å². The van der Waals surface area contributed by atoms with E-state index in [0.29, 0.717) is 10.7 Å². The van der Waals surface area contributed by atoms with Gasteiger partial charge in [-0.05, 0) is 37.6 Å². The molecule has 1 saturated heterocycles. The quantitative estimate of drug-likeness (QED) is 0.791. The molecule has 1 amide bonds. The lowest BCUT2D eigenvalue weighted by Crippen LogP contribution is -2.44. The van der Waals surface area contributed by atoms with Crippen molar-refractivity contribution in [1.82, 2.24) is 5.16 Å². The van der Waals surface area contributed by atoms with Crippen LogP contribution < -0.4 is 4.90 Å². The third-order valence-corrected chi connectivity index (χ3v) is 7.47. The first-order chi connectivity index (χ1) is 12.0. The average Bonchev–Trinajstić information content (AvgIpc) is 3.14. The second kappa shape index (κ2) is 6.09. The molecule has 6 nitrogen and oxygen atoms in total. The van der Waals surface area contributed by atoms with Crippen molar-refractivity contribution in [3.63, 3.8) is 0 Å². The molecule has 0 aliphatic carbocycles. The van der Waals surface area contributed by atoms with Gasteiger partial charge in [-0.1, -0.05) is 37.5 Å². The minimum atomic E-state index is -3.88. The van der Waals surface area contributed by atoms with Crippen molar-refractivity contribution >= 4 is 33.2 Å². The molecule has 1 aromatic carbocycles. The van der Waals surface area contributed by atoms with Crippen LogP contribution in [-0.4, -0.2) is 30.8 Å². The molecule has 1 aromatic heterocycles. The Morgan fingerprint density at radius 1 is 1.23 bits per heavy atom.